The molecule has 4 aromatic rings. The van der Waals surface area contributed by atoms with E-state index in [0.717, 1.165) is 11.1 Å². The van der Waals surface area contributed by atoms with E-state index in [2.05, 4.69) is 10.2 Å². The number of halogens is 1. The van der Waals surface area contributed by atoms with Crippen LogP contribution in [0, 0.1) is 5.82 Å². The van der Waals surface area contributed by atoms with E-state index in [4.69, 9.17) is 14.1 Å². The van der Waals surface area contributed by atoms with Crippen LogP contribution < -0.4 is 5.32 Å². The minimum absolute atomic E-state index is 0.0427. The van der Waals surface area contributed by atoms with Crippen LogP contribution in [0.1, 0.15) is 36.7 Å². The molecule has 2 heterocycles. The summed E-state index contributed by atoms with van der Waals surface area (Å²) in [6.07, 6.45) is -0.286. The van der Waals surface area contributed by atoms with Crippen molar-refractivity contribution in [2.24, 2.45) is 0 Å². The van der Waals surface area contributed by atoms with Gasteiger partial charge in [0.2, 0.25) is 5.89 Å². The smallest absolute Gasteiger partial charge is 0.410 e. The van der Waals surface area contributed by atoms with Crippen molar-refractivity contribution in [2.75, 3.05) is 31.5 Å². The maximum Gasteiger partial charge on any atom is 0.410 e. The summed E-state index contributed by atoms with van der Waals surface area (Å²) in [6.45, 7) is 8.85. The molecule has 0 unspecified atom stereocenters. The average Bonchev–Trinajstić information content (AvgIpc) is 3.34. The van der Waals surface area contributed by atoms with Crippen LogP contribution in [0.25, 0.3) is 22.6 Å². The second kappa shape index (κ2) is 10.9. The topological polar surface area (TPSA) is 87.9 Å². The van der Waals surface area contributed by atoms with Gasteiger partial charge in [0.1, 0.15) is 16.9 Å². The summed E-state index contributed by atoms with van der Waals surface area (Å²) in [5.74, 6) is -0.787. The Kier molecular flexibility index (Phi) is 7.34. The van der Waals surface area contributed by atoms with Crippen molar-refractivity contribution < 1.29 is 23.1 Å². The van der Waals surface area contributed by atoms with Crippen LogP contribution in [0.4, 0.5) is 14.9 Å². The highest BCUT2D eigenvalue weighted by molar-refractivity contribution is 6.06. The van der Waals surface area contributed by atoms with E-state index in [1.54, 1.807) is 29.2 Å². The lowest BCUT2D eigenvalue weighted by Crippen LogP contribution is -2.49. The molecule has 0 atom stereocenters. The predicted molar refractivity (Wildman–Crippen MR) is 147 cm³/mol. The number of hydrogen-bond donors (Lipinski definition) is 1. The molecule has 8 nitrogen and oxygen atoms in total. The summed E-state index contributed by atoms with van der Waals surface area (Å²) in [6, 6.07) is 18.8. The first kappa shape index (κ1) is 26.4. The molecule has 39 heavy (non-hydrogen) atoms. The molecule has 0 aliphatic carbocycles. The molecule has 202 valence electrons. The van der Waals surface area contributed by atoms with E-state index in [0.29, 0.717) is 55.4 Å². The number of hydrogen-bond acceptors (Lipinski definition) is 6. The summed E-state index contributed by atoms with van der Waals surface area (Å²) < 4.78 is 25.8. The first-order valence-corrected chi connectivity index (χ1v) is 12.9. The standard InChI is InChI=1S/C30H31FN4O4/c1-30(2,3)39-29(37)35-17-15-34(16-18-35)19-20-9-8-14-25-26(20)33-28(38-25)22-11-5-7-13-24(22)32-27(36)21-10-4-6-12-23(21)31/h4-14H,15-19H2,1-3H3,(H,32,36). The van der Waals surface area contributed by atoms with Crippen molar-refractivity contribution in [3.05, 3.63) is 83.7 Å². The van der Waals surface area contributed by atoms with Crippen LogP contribution in [-0.2, 0) is 11.3 Å². The molecule has 1 aliphatic rings. The highest BCUT2D eigenvalue weighted by Crippen LogP contribution is 2.32. The Morgan fingerprint density at radius 3 is 2.44 bits per heavy atom. The first-order valence-electron chi connectivity index (χ1n) is 12.9. The van der Waals surface area contributed by atoms with E-state index < -0.39 is 17.3 Å². The summed E-state index contributed by atoms with van der Waals surface area (Å²) >= 11 is 0. The first-order chi connectivity index (χ1) is 18.7. The predicted octanol–water partition coefficient (Wildman–Crippen LogP) is 5.94. The van der Waals surface area contributed by atoms with Gasteiger partial charge in [0.15, 0.2) is 5.58 Å². The SMILES string of the molecule is CC(C)(C)OC(=O)N1CCN(Cc2cccc3oc(-c4ccccc4NC(=O)c4ccccc4F)nc23)CC1. The van der Waals surface area contributed by atoms with Crippen molar-refractivity contribution in [3.63, 3.8) is 0 Å². The molecule has 0 bridgehead atoms. The van der Waals surface area contributed by atoms with Crippen molar-refractivity contribution in [1.82, 2.24) is 14.8 Å². The lowest BCUT2D eigenvalue weighted by Gasteiger charge is -2.35. The maximum atomic E-state index is 14.1. The summed E-state index contributed by atoms with van der Waals surface area (Å²) in [7, 11) is 0. The molecule has 9 heteroatoms. The average molecular weight is 531 g/mol. The summed E-state index contributed by atoms with van der Waals surface area (Å²) in [5, 5.41) is 2.79. The molecule has 3 aromatic carbocycles. The van der Waals surface area contributed by atoms with E-state index in [-0.39, 0.29) is 11.7 Å². The van der Waals surface area contributed by atoms with Crippen LogP contribution in [0.3, 0.4) is 0 Å². The van der Waals surface area contributed by atoms with Crippen LogP contribution in [-0.4, -0.2) is 58.6 Å². The minimum Gasteiger partial charge on any atom is -0.444 e. The minimum atomic E-state index is -0.592. The Bertz CT molecular complexity index is 1500. The fraction of sp³-hybridized carbons (Fsp3) is 0.300. The number of rotatable bonds is 5. The molecule has 0 radical (unpaired) electrons. The quantitative estimate of drug-likeness (QED) is 0.344. The maximum absolute atomic E-state index is 14.1. The van der Waals surface area contributed by atoms with Gasteiger partial charge in [0.25, 0.3) is 5.91 Å². The van der Waals surface area contributed by atoms with Crippen molar-refractivity contribution in [3.8, 4) is 11.5 Å². The monoisotopic (exact) mass is 530 g/mol. The van der Waals surface area contributed by atoms with E-state index in [1.807, 2.05) is 45.0 Å². The number of benzene rings is 3. The van der Waals surface area contributed by atoms with E-state index >= 15 is 0 Å². The molecule has 0 spiro atoms. The summed E-state index contributed by atoms with van der Waals surface area (Å²) in [5.41, 5.74) is 2.86. The fourth-order valence-corrected chi connectivity index (χ4v) is 4.52. The molecule has 0 saturated carbocycles. The normalized spacial score (nSPS) is 14.4. The molecule has 1 aliphatic heterocycles. The zero-order valence-corrected chi connectivity index (χ0v) is 22.2. The zero-order valence-electron chi connectivity index (χ0n) is 22.2. The zero-order chi connectivity index (χ0) is 27.6. The highest BCUT2D eigenvalue weighted by Gasteiger charge is 2.26. The molecule has 2 amide bonds. The molecule has 1 aromatic heterocycles. The summed E-state index contributed by atoms with van der Waals surface area (Å²) in [4.78, 5) is 34.0. The third kappa shape index (κ3) is 6.09. The van der Waals surface area contributed by atoms with Gasteiger partial charge in [0.05, 0.1) is 16.8 Å². The van der Waals surface area contributed by atoms with Crippen molar-refractivity contribution in [2.45, 2.75) is 32.9 Å². The second-order valence-electron chi connectivity index (χ2n) is 10.5. The molecule has 1 saturated heterocycles. The second-order valence-corrected chi connectivity index (χ2v) is 10.5. The number of fused-ring (bicyclic) bond motifs is 1. The highest BCUT2D eigenvalue weighted by atomic mass is 19.1. The number of nitrogens with one attached hydrogen (secondary N) is 1. The molecular weight excluding hydrogens is 499 g/mol. The van der Waals surface area contributed by atoms with Gasteiger partial charge in [-0.25, -0.2) is 14.2 Å². The third-order valence-corrected chi connectivity index (χ3v) is 6.44. The largest absolute Gasteiger partial charge is 0.444 e. The number of piperazine rings is 1. The number of nitrogens with zero attached hydrogens (tertiary/aromatic N) is 3. The Hall–Kier alpha value is -4.24. The number of para-hydroxylation sites is 2. The van der Waals surface area contributed by atoms with Crippen molar-refractivity contribution in [1.29, 1.82) is 0 Å². The van der Waals surface area contributed by atoms with Gasteiger partial charge in [-0.1, -0.05) is 36.4 Å². The van der Waals surface area contributed by atoms with Crippen molar-refractivity contribution >= 4 is 28.8 Å². The number of oxazole rings is 1. The Morgan fingerprint density at radius 2 is 1.69 bits per heavy atom. The Balaban J connectivity index is 1.32. The number of carbonyl (C=O) groups is 2. The number of aromatic nitrogens is 1. The van der Waals surface area contributed by atoms with Gasteiger partial charge < -0.3 is 19.4 Å². The molecule has 1 fully saturated rings. The van der Waals surface area contributed by atoms with Crippen LogP contribution in [0.15, 0.2) is 71.1 Å². The number of ether oxygens (including phenoxy) is 1. The van der Waals surface area contributed by atoms with Crippen LogP contribution in [0.2, 0.25) is 0 Å². The lowest BCUT2D eigenvalue weighted by atomic mass is 10.1. The van der Waals surface area contributed by atoms with Crippen LogP contribution in [0.5, 0.6) is 0 Å². The van der Waals surface area contributed by atoms with Gasteiger partial charge >= 0.3 is 6.09 Å². The van der Waals surface area contributed by atoms with E-state index in [9.17, 15) is 14.0 Å². The fourth-order valence-electron chi connectivity index (χ4n) is 4.52. The number of anilines is 1. The lowest BCUT2D eigenvalue weighted by molar-refractivity contribution is 0.0139. The van der Waals surface area contributed by atoms with E-state index in [1.165, 1.54) is 18.2 Å². The third-order valence-electron chi connectivity index (χ3n) is 6.44. The van der Waals surface area contributed by atoms with Crippen LogP contribution >= 0.6 is 0 Å². The molecular formula is C30H31FN4O4. The molecule has 1 N–H and O–H groups in total. The van der Waals surface area contributed by atoms with Gasteiger partial charge in [-0.2, -0.15) is 0 Å². The Labute approximate surface area is 226 Å². The Morgan fingerprint density at radius 1 is 0.974 bits per heavy atom. The number of amides is 2. The van der Waals surface area contributed by atoms with Gasteiger partial charge in [-0.05, 0) is 56.7 Å². The van der Waals surface area contributed by atoms with Gasteiger partial charge in [-0.3, -0.25) is 9.69 Å². The van der Waals surface area contributed by atoms with Gasteiger partial charge in [0, 0.05) is 32.7 Å². The molecule has 5 rings (SSSR count). The van der Waals surface area contributed by atoms with Gasteiger partial charge in [-0.15, -0.1) is 0 Å². The number of carbonyl (C=O) groups excluding carboxylic acids is 2.